The Balaban J connectivity index is 2.26. The number of hydrogen-bond donors (Lipinski definition) is 0. The van der Waals surface area contributed by atoms with Crippen molar-refractivity contribution in [3.8, 4) is 0 Å². The summed E-state index contributed by atoms with van der Waals surface area (Å²) in [6.45, 7) is -0.196. The molecule has 1 fully saturated rings. The molecule has 0 saturated heterocycles. The van der Waals surface area contributed by atoms with Crippen molar-refractivity contribution < 1.29 is 9.72 Å². The second kappa shape index (κ2) is 6.15. The molecular weight excluding hydrogens is 266 g/mol. The summed E-state index contributed by atoms with van der Waals surface area (Å²) >= 11 is 5.84. The summed E-state index contributed by atoms with van der Waals surface area (Å²) in [6.07, 6.45) is 3.17. The zero-order chi connectivity index (χ0) is 13.8. The third-order valence-electron chi connectivity index (χ3n) is 3.73. The molecule has 0 N–H and O–H groups in total. The molecule has 0 amide bonds. The molecule has 0 spiro atoms. The van der Waals surface area contributed by atoms with Crippen LogP contribution in [-0.4, -0.2) is 17.3 Å². The van der Waals surface area contributed by atoms with Crippen molar-refractivity contribution in [2.24, 2.45) is 5.92 Å². The zero-order valence-corrected chi connectivity index (χ0v) is 11.3. The number of halogens is 1. The second-order valence-electron chi connectivity index (χ2n) is 4.99. The third kappa shape index (κ3) is 3.53. The summed E-state index contributed by atoms with van der Waals surface area (Å²) < 4.78 is 0. The van der Waals surface area contributed by atoms with Gasteiger partial charge in [0.1, 0.15) is 5.78 Å². The summed E-state index contributed by atoms with van der Waals surface area (Å²) in [5.74, 6) is -0.395. The monoisotopic (exact) mass is 281 g/mol. The number of benzene rings is 1. The van der Waals surface area contributed by atoms with E-state index < -0.39 is 0 Å². The average molecular weight is 282 g/mol. The first-order chi connectivity index (χ1) is 9.08. The van der Waals surface area contributed by atoms with Crippen molar-refractivity contribution in [1.82, 2.24) is 0 Å². The van der Waals surface area contributed by atoms with Crippen molar-refractivity contribution in [2.75, 3.05) is 6.54 Å². The lowest BCUT2D eigenvalue weighted by Gasteiger charge is -2.27. The van der Waals surface area contributed by atoms with Crippen LogP contribution in [0.15, 0.2) is 24.3 Å². The maximum Gasteiger partial charge on any atom is 0.211 e. The van der Waals surface area contributed by atoms with E-state index in [1.165, 1.54) is 0 Å². The highest BCUT2D eigenvalue weighted by atomic mass is 35.5. The van der Waals surface area contributed by atoms with Gasteiger partial charge in [-0.1, -0.05) is 30.2 Å². The first-order valence-corrected chi connectivity index (χ1v) is 6.85. The van der Waals surface area contributed by atoms with Crippen LogP contribution in [0.25, 0.3) is 0 Å². The van der Waals surface area contributed by atoms with E-state index in [9.17, 15) is 14.9 Å². The summed E-state index contributed by atoms with van der Waals surface area (Å²) in [5.41, 5.74) is 0.835. The zero-order valence-electron chi connectivity index (χ0n) is 10.5. The Morgan fingerprint density at radius 1 is 1.32 bits per heavy atom. The van der Waals surface area contributed by atoms with Crippen LogP contribution in [0.3, 0.4) is 0 Å². The summed E-state index contributed by atoms with van der Waals surface area (Å²) in [6, 6.07) is 7.02. The minimum absolute atomic E-state index is 0.160. The smallest absolute Gasteiger partial charge is 0.211 e. The number of carbonyl (C=O) groups is 1. The number of Topliss-reactive ketones (excluding diaryl/α,β-unsaturated/α-hetero) is 1. The topological polar surface area (TPSA) is 60.2 Å². The van der Waals surface area contributed by atoms with Crippen LogP contribution in [-0.2, 0) is 4.79 Å². The molecule has 102 valence electrons. The van der Waals surface area contributed by atoms with Gasteiger partial charge in [0.2, 0.25) is 6.54 Å². The largest absolute Gasteiger partial charge is 0.299 e. The fraction of sp³-hybridized carbons (Fsp3) is 0.500. The molecule has 0 radical (unpaired) electrons. The van der Waals surface area contributed by atoms with Gasteiger partial charge in [-0.05, 0) is 30.5 Å². The number of carbonyl (C=O) groups excluding carboxylic acids is 1. The maximum atomic E-state index is 12.0. The number of hydrogen-bond acceptors (Lipinski definition) is 3. The molecular formula is C14H16ClNO3. The third-order valence-corrected chi connectivity index (χ3v) is 3.98. The van der Waals surface area contributed by atoms with E-state index in [2.05, 4.69) is 0 Å². The predicted molar refractivity (Wildman–Crippen MR) is 73.0 cm³/mol. The van der Waals surface area contributed by atoms with E-state index in [0.29, 0.717) is 11.4 Å². The maximum absolute atomic E-state index is 12.0. The SMILES string of the molecule is O=C1CCCC[C@H]1[C@H](C[N+](=O)[O-])c1ccc(Cl)cc1. The molecule has 1 aromatic carbocycles. The first-order valence-electron chi connectivity index (χ1n) is 6.48. The minimum Gasteiger partial charge on any atom is -0.299 e. The van der Waals surface area contributed by atoms with Gasteiger partial charge in [-0.3, -0.25) is 14.9 Å². The van der Waals surface area contributed by atoms with Crippen LogP contribution in [0.1, 0.15) is 37.2 Å². The highest BCUT2D eigenvalue weighted by Gasteiger charge is 2.34. The summed E-state index contributed by atoms with van der Waals surface area (Å²) in [4.78, 5) is 22.5. The van der Waals surface area contributed by atoms with Gasteiger partial charge in [0.05, 0.1) is 5.92 Å². The molecule has 1 aromatic rings. The van der Waals surface area contributed by atoms with E-state index in [0.717, 1.165) is 24.8 Å². The van der Waals surface area contributed by atoms with E-state index in [4.69, 9.17) is 11.6 Å². The molecule has 5 heteroatoms. The normalized spacial score (nSPS) is 21.1. The molecule has 1 aliphatic carbocycles. The van der Waals surface area contributed by atoms with Crippen molar-refractivity contribution in [3.05, 3.63) is 45.0 Å². The summed E-state index contributed by atoms with van der Waals surface area (Å²) in [7, 11) is 0. The predicted octanol–water partition coefficient (Wildman–Crippen LogP) is 3.46. The molecule has 1 saturated carbocycles. The van der Waals surface area contributed by atoms with E-state index in [-0.39, 0.29) is 29.1 Å². The molecule has 0 heterocycles. The standard InChI is InChI=1S/C14H16ClNO3/c15-11-7-5-10(6-8-11)13(9-16(18)19)12-3-1-2-4-14(12)17/h5-8,12-13H,1-4,9H2/t12-,13+/m0/s1. The fourth-order valence-electron chi connectivity index (χ4n) is 2.77. The molecule has 0 bridgehead atoms. The Morgan fingerprint density at radius 3 is 2.58 bits per heavy atom. The Hall–Kier alpha value is -1.42. The van der Waals surface area contributed by atoms with Crippen LogP contribution >= 0.6 is 11.6 Å². The quantitative estimate of drug-likeness (QED) is 0.627. The van der Waals surface area contributed by atoms with Gasteiger partial charge >= 0.3 is 0 Å². The minimum atomic E-state index is -0.333. The number of nitrogens with zero attached hydrogens (tertiary/aromatic N) is 1. The highest BCUT2D eigenvalue weighted by Crippen LogP contribution is 2.34. The van der Waals surface area contributed by atoms with Crippen molar-refractivity contribution in [1.29, 1.82) is 0 Å². The molecule has 0 unspecified atom stereocenters. The van der Waals surface area contributed by atoms with Crippen molar-refractivity contribution >= 4 is 17.4 Å². The van der Waals surface area contributed by atoms with Crippen LogP contribution in [0.2, 0.25) is 5.02 Å². The molecule has 0 aliphatic heterocycles. The van der Waals surface area contributed by atoms with Gasteiger partial charge in [0.25, 0.3) is 0 Å². The van der Waals surface area contributed by atoms with Crippen LogP contribution in [0.5, 0.6) is 0 Å². The Labute approximate surface area is 116 Å². The van der Waals surface area contributed by atoms with Gasteiger partial charge in [-0.25, -0.2) is 0 Å². The second-order valence-corrected chi connectivity index (χ2v) is 5.43. The fourth-order valence-corrected chi connectivity index (χ4v) is 2.90. The molecule has 4 nitrogen and oxygen atoms in total. The van der Waals surface area contributed by atoms with Crippen LogP contribution in [0.4, 0.5) is 0 Å². The molecule has 0 aromatic heterocycles. The van der Waals surface area contributed by atoms with E-state index in [1.807, 2.05) is 0 Å². The molecule has 2 atom stereocenters. The number of rotatable bonds is 4. The van der Waals surface area contributed by atoms with Gasteiger partial charge in [-0.15, -0.1) is 0 Å². The lowest BCUT2D eigenvalue weighted by atomic mass is 9.76. The van der Waals surface area contributed by atoms with Crippen LogP contribution in [0, 0.1) is 16.0 Å². The van der Waals surface area contributed by atoms with Crippen molar-refractivity contribution in [3.63, 3.8) is 0 Å². The van der Waals surface area contributed by atoms with Crippen molar-refractivity contribution in [2.45, 2.75) is 31.6 Å². The Morgan fingerprint density at radius 2 is 2.00 bits per heavy atom. The Kier molecular flexibility index (Phi) is 4.53. The lowest BCUT2D eigenvalue weighted by molar-refractivity contribution is -0.484. The van der Waals surface area contributed by atoms with E-state index in [1.54, 1.807) is 24.3 Å². The molecule has 2 rings (SSSR count). The number of ketones is 1. The van der Waals surface area contributed by atoms with Crippen LogP contribution < -0.4 is 0 Å². The van der Waals surface area contributed by atoms with Gasteiger partial charge < -0.3 is 0 Å². The lowest BCUT2D eigenvalue weighted by Crippen LogP contribution is -2.30. The van der Waals surface area contributed by atoms with Gasteiger partial charge in [0, 0.05) is 22.3 Å². The highest BCUT2D eigenvalue weighted by molar-refractivity contribution is 6.30. The number of nitro groups is 1. The first kappa shape index (κ1) is 14.0. The van der Waals surface area contributed by atoms with Gasteiger partial charge in [0.15, 0.2) is 0 Å². The Bertz CT molecular complexity index is 472. The van der Waals surface area contributed by atoms with E-state index >= 15 is 0 Å². The molecule has 1 aliphatic rings. The van der Waals surface area contributed by atoms with Gasteiger partial charge in [-0.2, -0.15) is 0 Å². The molecule has 19 heavy (non-hydrogen) atoms. The summed E-state index contributed by atoms with van der Waals surface area (Å²) in [5, 5.41) is 11.5. The average Bonchev–Trinajstić information content (AvgIpc) is 2.38.